The van der Waals surface area contributed by atoms with Crippen LogP contribution in [0.1, 0.15) is 22.5 Å². The van der Waals surface area contributed by atoms with Gasteiger partial charge in [-0.15, -0.1) is 0 Å². The van der Waals surface area contributed by atoms with E-state index in [2.05, 4.69) is 15.6 Å². The first-order valence-electron chi connectivity index (χ1n) is 8.66. The third kappa shape index (κ3) is 2.86. The number of rotatable bonds is 2. The van der Waals surface area contributed by atoms with E-state index in [1.165, 1.54) is 30.8 Å². The number of amides is 2. The second kappa shape index (κ2) is 6.45. The van der Waals surface area contributed by atoms with E-state index >= 15 is 0 Å². The second-order valence-corrected chi connectivity index (χ2v) is 6.65. The normalized spacial score (nSPS) is 13.1. The molecule has 2 amide bonds. The van der Waals surface area contributed by atoms with E-state index in [1.54, 1.807) is 18.2 Å². The van der Waals surface area contributed by atoms with Crippen LogP contribution in [0.15, 0.2) is 39.9 Å². The molecular weight excluding hydrogens is 362 g/mol. The van der Waals surface area contributed by atoms with Crippen LogP contribution in [0.25, 0.3) is 11.0 Å². The summed E-state index contributed by atoms with van der Waals surface area (Å²) in [6.45, 7) is 0. The molecule has 0 bridgehead atoms. The third-order valence-electron chi connectivity index (χ3n) is 4.79. The van der Waals surface area contributed by atoms with Gasteiger partial charge in [0.25, 0.3) is 11.5 Å². The van der Waals surface area contributed by atoms with Crippen LogP contribution in [-0.2, 0) is 25.3 Å². The van der Waals surface area contributed by atoms with Gasteiger partial charge in [-0.1, -0.05) is 0 Å². The topological polar surface area (TPSA) is 115 Å². The van der Waals surface area contributed by atoms with Crippen LogP contribution in [0, 0.1) is 0 Å². The fourth-order valence-electron chi connectivity index (χ4n) is 3.24. The number of anilines is 2. The van der Waals surface area contributed by atoms with Gasteiger partial charge >= 0.3 is 5.69 Å². The van der Waals surface area contributed by atoms with Crippen molar-refractivity contribution in [3.05, 3.63) is 62.4 Å². The minimum atomic E-state index is -0.515. The minimum absolute atomic E-state index is 0.0265. The van der Waals surface area contributed by atoms with Crippen LogP contribution < -0.4 is 21.9 Å². The van der Waals surface area contributed by atoms with Crippen LogP contribution >= 0.6 is 0 Å². The standard InChI is InChI=1S/C19H17N5O4/c1-23-16-12(18(27)24(2)19(23)28)5-7-14(22-16)17(26)20-11-4-6-13-10(9-11)3-8-15(25)21-13/h4-7,9H,3,8H2,1-2H3,(H,20,26)(H,21,25). The summed E-state index contributed by atoms with van der Waals surface area (Å²) < 4.78 is 2.23. The molecule has 28 heavy (non-hydrogen) atoms. The fraction of sp³-hybridized carbons (Fsp3) is 0.211. The number of aromatic nitrogens is 3. The molecule has 0 saturated heterocycles. The van der Waals surface area contributed by atoms with E-state index in [0.717, 1.165) is 15.8 Å². The molecule has 0 fully saturated rings. The number of hydrogen-bond acceptors (Lipinski definition) is 5. The lowest BCUT2D eigenvalue weighted by Gasteiger charge is -2.17. The number of carbonyl (C=O) groups excluding carboxylic acids is 2. The van der Waals surface area contributed by atoms with Crippen LogP contribution in [-0.4, -0.2) is 25.9 Å². The number of pyridine rings is 1. The fourth-order valence-corrected chi connectivity index (χ4v) is 3.24. The van der Waals surface area contributed by atoms with Crippen molar-refractivity contribution in [1.29, 1.82) is 0 Å². The Morgan fingerprint density at radius 3 is 2.64 bits per heavy atom. The van der Waals surface area contributed by atoms with Gasteiger partial charge in [-0.25, -0.2) is 9.78 Å². The van der Waals surface area contributed by atoms with Gasteiger partial charge in [-0.05, 0) is 42.3 Å². The molecule has 9 heteroatoms. The van der Waals surface area contributed by atoms with Crippen LogP contribution in [0.5, 0.6) is 0 Å². The van der Waals surface area contributed by atoms with Crippen molar-refractivity contribution in [2.24, 2.45) is 14.1 Å². The molecule has 0 radical (unpaired) electrons. The molecule has 0 atom stereocenters. The first-order chi connectivity index (χ1) is 13.3. The highest BCUT2D eigenvalue weighted by Crippen LogP contribution is 2.25. The quantitative estimate of drug-likeness (QED) is 0.682. The third-order valence-corrected chi connectivity index (χ3v) is 4.79. The Bertz CT molecular complexity index is 1270. The van der Waals surface area contributed by atoms with Gasteiger partial charge in [-0.3, -0.25) is 23.5 Å². The molecule has 0 saturated carbocycles. The van der Waals surface area contributed by atoms with Gasteiger partial charge < -0.3 is 10.6 Å². The first kappa shape index (κ1) is 17.7. The summed E-state index contributed by atoms with van der Waals surface area (Å²) in [7, 11) is 2.89. The van der Waals surface area contributed by atoms with Crippen LogP contribution in [0.3, 0.4) is 0 Å². The predicted molar refractivity (Wildman–Crippen MR) is 104 cm³/mol. The van der Waals surface area contributed by atoms with Crippen LogP contribution in [0.2, 0.25) is 0 Å². The highest BCUT2D eigenvalue weighted by atomic mass is 16.2. The van der Waals surface area contributed by atoms with Crippen molar-refractivity contribution in [3.63, 3.8) is 0 Å². The zero-order valence-corrected chi connectivity index (χ0v) is 15.3. The molecule has 2 aromatic heterocycles. The molecule has 1 aliphatic heterocycles. The molecule has 2 N–H and O–H groups in total. The SMILES string of the molecule is Cn1c(=O)c2ccc(C(=O)Nc3ccc4c(c3)CCC(=O)N4)nc2n(C)c1=O. The number of hydrogen-bond donors (Lipinski definition) is 2. The van der Waals surface area contributed by atoms with Crippen molar-refractivity contribution < 1.29 is 9.59 Å². The number of nitrogens with one attached hydrogen (secondary N) is 2. The summed E-state index contributed by atoms with van der Waals surface area (Å²) in [5.41, 5.74) is 1.50. The summed E-state index contributed by atoms with van der Waals surface area (Å²) in [6.07, 6.45) is 1.00. The monoisotopic (exact) mass is 379 g/mol. The maximum absolute atomic E-state index is 12.6. The Kier molecular flexibility index (Phi) is 4.07. The maximum Gasteiger partial charge on any atom is 0.332 e. The van der Waals surface area contributed by atoms with E-state index in [-0.39, 0.29) is 22.6 Å². The highest BCUT2D eigenvalue weighted by molar-refractivity contribution is 6.04. The van der Waals surface area contributed by atoms with E-state index in [4.69, 9.17) is 0 Å². The summed E-state index contributed by atoms with van der Waals surface area (Å²) in [4.78, 5) is 52.6. The van der Waals surface area contributed by atoms with Gasteiger partial charge in [-0.2, -0.15) is 0 Å². The number of fused-ring (bicyclic) bond motifs is 2. The van der Waals surface area contributed by atoms with Crippen molar-refractivity contribution in [2.45, 2.75) is 12.8 Å². The van der Waals surface area contributed by atoms with Crippen molar-refractivity contribution in [1.82, 2.24) is 14.1 Å². The van der Waals surface area contributed by atoms with E-state index in [0.29, 0.717) is 18.5 Å². The van der Waals surface area contributed by atoms with E-state index in [9.17, 15) is 19.2 Å². The van der Waals surface area contributed by atoms with Gasteiger partial charge in [0.2, 0.25) is 5.91 Å². The Hall–Kier alpha value is -3.75. The largest absolute Gasteiger partial charge is 0.332 e. The summed E-state index contributed by atoms with van der Waals surface area (Å²) in [6, 6.07) is 8.17. The summed E-state index contributed by atoms with van der Waals surface area (Å²) in [5, 5.41) is 5.80. The number of nitrogens with zero attached hydrogens (tertiary/aromatic N) is 3. The van der Waals surface area contributed by atoms with Crippen LogP contribution in [0.4, 0.5) is 11.4 Å². The first-order valence-corrected chi connectivity index (χ1v) is 8.66. The molecule has 142 valence electrons. The average molecular weight is 379 g/mol. The number of aryl methyl sites for hydroxylation is 2. The van der Waals surface area contributed by atoms with Gasteiger partial charge in [0.05, 0.1) is 5.39 Å². The van der Waals surface area contributed by atoms with Gasteiger partial charge in [0.15, 0.2) is 0 Å². The highest BCUT2D eigenvalue weighted by Gasteiger charge is 2.17. The molecule has 3 heterocycles. The van der Waals surface area contributed by atoms with Crippen molar-refractivity contribution >= 4 is 34.2 Å². The smallest absolute Gasteiger partial charge is 0.326 e. The molecular formula is C19H17N5O4. The lowest BCUT2D eigenvalue weighted by atomic mass is 10.0. The number of benzene rings is 1. The Balaban J connectivity index is 1.67. The van der Waals surface area contributed by atoms with E-state index in [1.807, 2.05) is 0 Å². The lowest BCUT2D eigenvalue weighted by molar-refractivity contribution is -0.116. The van der Waals surface area contributed by atoms with Crippen molar-refractivity contribution in [2.75, 3.05) is 10.6 Å². The lowest BCUT2D eigenvalue weighted by Crippen LogP contribution is -2.37. The Labute approximate surface area is 158 Å². The molecule has 1 aliphatic rings. The van der Waals surface area contributed by atoms with Gasteiger partial charge in [0, 0.05) is 31.9 Å². The molecule has 3 aromatic rings. The maximum atomic E-state index is 12.6. The molecule has 0 unspecified atom stereocenters. The Morgan fingerprint density at radius 1 is 1.07 bits per heavy atom. The van der Waals surface area contributed by atoms with E-state index < -0.39 is 17.2 Å². The predicted octanol–water partition coefficient (Wildman–Crippen LogP) is 0.769. The molecule has 1 aromatic carbocycles. The minimum Gasteiger partial charge on any atom is -0.326 e. The molecule has 0 aliphatic carbocycles. The molecule has 0 spiro atoms. The Morgan fingerprint density at radius 2 is 1.86 bits per heavy atom. The zero-order valence-electron chi connectivity index (χ0n) is 15.3. The second-order valence-electron chi connectivity index (χ2n) is 6.65. The number of carbonyl (C=O) groups is 2. The van der Waals surface area contributed by atoms with Crippen molar-refractivity contribution in [3.8, 4) is 0 Å². The average Bonchev–Trinajstić information content (AvgIpc) is 2.70. The summed E-state index contributed by atoms with van der Waals surface area (Å²) >= 11 is 0. The molecule has 9 nitrogen and oxygen atoms in total. The molecule has 4 rings (SSSR count). The van der Waals surface area contributed by atoms with Gasteiger partial charge in [0.1, 0.15) is 11.3 Å². The zero-order chi connectivity index (χ0) is 20.0. The summed E-state index contributed by atoms with van der Waals surface area (Å²) in [5.74, 6) is -0.490.